The van der Waals surface area contributed by atoms with Crippen molar-refractivity contribution in [3.63, 3.8) is 0 Å². The second kappa shape index (κ2) is 12.9. The van der Waals surface area contributed by atoms with Crippen LogP contribution in [0.2, 0.25) is 0 Å². The fraction of sp³-hybridized carbons (Fsp3) is 0.846. The standard InChI is InChI=1S/C39H54O10/c1-19-13-24-5-7-28-20(2)14-26(42-28)9-11-39-18-33-35(48-39)36-37(47-33)38(49-39)34-30(46-36)8-6-25(44-34)15-23(41)16-27-22(4)29(10-12-40)45-32(27)17-31(43-24)21(19)3/h12,19,22,24-38H,2-3,5-11,13-18H2,1,4H3/t19-,22-,24?,25-,26?,27-,28+,29-,30+,31-,32?,33-,34+,35+,36+,37-,38?,39+/m1/s1. The molecule has 49 heavy (non-hydrogen) atoms. The average molecular weight is 683 g/mol. The quantitative estimate of drug-likeness (QED) is 0.294. The van der Waals surface area contributed by atoms with Crippen molar-refractivity contribution in [1.29, 1.82) is 0 Å². The van der Waals surface area contributed by atoms with E-state index in [0.29, 0.717) is 44.4 Å². The van der Waals surface area contributed by atoms with E-state index in [2.05, 4.69) is 27.0 Å². The van der Waals surface area contributed by atoms with Crippen LogP contribution in [-0.4, -0.2) is 103 Å². The minimum Gasteiger partial charge on any atom is -0.374 e. The van der Waals surface area contributed by atoms with Gasteiger partial charge >= 0.3 is 0 Å². The Bertz CT molecular complexity index is 1330. The molecule has 0 aromatic carbocycles. The molecule has 10 nitrogen and oxygen atoms in total. The highest BCUT2D eigenvalue weighted by atomic mass is 16.8. The second-order valence-electron chi connectivity index (χ2n) is 16.9. The Balaban J connectivity index is 0.990. The number of hydrogen-bond acceptors (Lipinski definition) is 10. The lowest BCUT2D eigenvalue weighted by molar-refractivity contribution is -0.292. The molecule has 10 heterocycles. The van der Waals surface area contributed by atoms with Crippen LogP contribution in [0, 0.1) is 17.8 Å². The van der Waals surface area contributed by atoms with E-state index in [1.54, 1.807) is 0 Å². The monoisotopic (exact) mass is 682 g/mol. The van der Waals surface area contributed by atoms with Gasteiger partial charge in [0.25, 0.3) is 0 Å². The van der Waals surface area contributed by atoms with Gasteiger partial charge in [-0.1, -0.05) is 27.0 Å². The first-order valence-electron chi connectivity index (χ1n) is 19.3. The molecule has 0 amide bonds. The number of ketones is 1. The molecule has 0 aromatic heterocycles. The van der Waals surface area contributed by atoms with Crippen LogP contribution in [0.1, 0.15) is 97.3 Å². The Morgan fingerprint density at radius 2 is 1.47 bits per heavy atom. The third-order valence-electron chi connectivity index (χ3n) is 13.7. The molecular formula is C39H54O10. The van der Waals surface area contributed by atoms with Crippen molar-refractivity contribution < 1.29 is 47.5 Å². The van der Waals surface area contributed by atoms with Crippen LogP contribution in [0.3, 0.4) is 0 Å². The predicted octanol–water partition coefficient (Wildman–Crippen LogP) is 4.94. The van der Waals surface area contributed by atoms with Crippen LogP contribution in [0.5, 0.6) is 0 Å². The fourth-order valence-electron chi connectivity index (χ4n) is 11.0. The summed E-state index contributed by atoms with van der Waals surface area (Å²) in [5.74, 6) is -0.212. The van der Waals surface area contributed by atoms with Gasteiger partial charge in [-0.05, 0) is 73.8 Å². The average Bonchev–Trinajstić information content (AvgIpc) is 3.73. The summed E-state index contributed by atoms with van der Waals surface area (Å²) in [5, 5.41) is 0. The number of hydrogen-bond donors (Lipinski definition) is 0. The zero-order valence-corrected chi connectivity index (χ0v) is 29.1. The summed E-state index contributed by atoms with van der Waals surface area (Å²) in [6, 6.07) is 0. The molecule has 0 aromatic rings. The van der Waals surface area contributed by atoms with Gasteiger partial charge in [0, 0.05) is 38.5 Å². The third kappa shape index (κ3) is 5.94. The van der Waals surface area contributed by atoms with Crippen LogP contribution in [0.15, 0.2) is 24.3 Å². The first-order chi connectivity index (χ1) is 23.7. The van der Waals surface area contributed by atoms with Crippen molar-refractivity contribution in [1.82, 2.24) is 0 Å². The Labute approximate surface area is 289 Å². The highest BCUT2D eigenvalue weighted by molar-refractivity contribution is 5.79. The first kappa shape index (κ1) is 33.3. The number of carbonyl (C=O) groups is 2. The zero-order valence-electron chi connectivity index (χ0n) is 29.1. The van der Waals surface area contributed by atoms with Gasteiger partial charge < -0.3 is 42.7 Å². The van der Waals surface area contributed by atoms with E-state index < -0.39 is 5.79 Å². The maximum Gasteiger partial charge on any atom is 0.172 e. The Hall–Kier alpha value is -1.50. The van der Waals surface area contributed by atoms with Gasteiger partial charge in [-0.15, -0.1) is 0 Å². The number of rotatable bonds is 2. The summed E-state index contributed by atoms with van der Waals surface area (Å²) >= 11 is 0. The van der Waals surface area contributed by atoms with Crippen LogP contribution in [0.25, 0.3) is 0 Å². The van der Waals surface area contributed by atoms with Gasteiger partial charge in [0.1, 0.15) is 42.6 Å². The number of ether oxygens (including phenoxy) is 8. The molecule has 270 valence electrons. The van der Waals surface area contributed by atoms with Crippen LogP contribution in [-0.2, 0) is 47.5 Å². The molecular weight excluding hydrogens is 628 g/mol. The van der Waals surface area contributed by atoms with Gasteiger partial charge in [0.05, 0.1) is 54.9 Å². The van der Waals surface area contributed by atoms with Gasteiger partial charge in [-0.3, -0.25) is 4.79 Å². The highest BCUT2D eigenvalue weighted by Gasteiger charge is 2.68. The molecule has 10 aliphatic heterocycles. The van der Waals surface area contributed by atoms with E-state index in [1.165, 1.54) is 0 Å². The summed E-state index contributed by atoms with van der Waals surface area (Å²) in [4.78, 5) is 25.5. The molecule has 0 aliphatic carbocycles. The van der Waals surface area contributed by atoms with Gasteiger partial charge in [0.2, 0.25) is 0 Å². The lowest BCUT2D eigenvalue weighted by atomic mass is 9.79. The molecule has 18 atom stereocenters. The minimum atomic E-state index is -0.761. The smallest absolute Gasteiger partial charge is 0.172 e. The first-order valence-corrected chi connectivity index (χ1v) is 19.3. The molecule has 0 radical (unpaired) electrons. The van der Waals surface area contributed by atoms with Crippen molar-refractivity contribution in [2.75, 3.05) is 0 Å². The maximum atomic E-state index is 13.9. The molecule has 4 unspecified atom stereocenters. The summed E-state index contributed by atoms with van der Waals surface area (Å²) in [6.45, 7) is 13.2. The topological polar surface area (TPSA) is 108 Å². The van der Waals surface area contributed by atoms with E-state index in [0.717, 1.165) is 62.4 Å². The molecule has 0 N–H and O–H groups in total. The van der Waals surface area contributed by atoms with Crippen LogP contribution in [0.4, 0.5) is 0 Å². The summed E-state index contributed by atoms with van der Waals surface area (Å²) in [7, 11) is 0. The molecule has 10 aliphatic rings. The van der Waals surface area contributed by atoms with Crippen molar-refractivity contribution in [3.8, 4) is 0 Å². The summed E-state index contributed by atoms with van der Waals surface area (Å²) in [5.41, 5.74) is 2.25. The number of carbonyl (C=O) groups excluding carboxylic acids is 2. The lowest BCUT2D eigenvalue weighted by Crippen LogP contribution is -2.61. The molecule has 10 heteroatoms. The molecule has 0 saturated carbocycles. The fourth-order valence-corrected chi connectivity index (χ4v) is 11.0. The van der Waals surface area contributed by atoms with Crippen molar-refractivity contribution >= 4 is 12.1 Å². The van der Waals surface area contributed by atoms with E-state index in [4.69, 9.17) is 37.9 Å². The van der Waals surface area contributed by atoms with Gasteiger partial charge in [0.15, 0.2) is 5.79 Å². The third-order valence-corrected chi connectivity index (χ3v) is 13.7. The van der Waals surface area contributed by atoms with E-state index in [-0.39, 0.29) is 103 Å². The largest absolute Gasteiger partial charge is 0.374 e. The van der Waals surface area contributed by atoms with E-state index in [9.17, 15) is 9.59 Å². The zero-order chi connectivity index (χ0) is 33.6. The Kier molecular flexibility index (Phi) is 8.76. The number of aldehydes is 1. The van der Waals surface area contributed by atoms with Gasteiger partial charge in [-0.25, -0.2) is 0 Å². The minimum absolute atomic E-state index is 0.00531. The SMILES string of the molecule is C=C1CC2CC[C@@]34C[C@H]5O[C@H]6C(O3)[C@H]3O[C@H](CC[C@@H]3O[C@H]6[C@H]5O4)CC(=O)C[C@H]3C(C[C@H]4OC(CC[C@@H]1O2)C[C@@H](C)C4=C)O[C@H](CC=O)[C@@H]3C. The highest BCUT2D eigenvalue weighted by Crippen LogP contribution is 2.54. The Morgan fingerprint density at radius 3 is 2.33 bits per heavy atom. The van der Waals surface area contributed by atoms with Crippen molar-refractivity contribution in [3.05, 3.63) is 24.3 Å². The van der Waals surface area contributed by atoms with E-state index in [1.807, 2.05) is 0 Å². The lowest BCUT2D eigenvalue weighted by Gasteiger charge is -2.47. The molecule has 10 saturated heterocycles. The normalized spacial score (nSPS) is 54.1. The molecule has 1 spiro atoms. The van der Waals surface area contributed by atoms with Crippen molar-refractivity contribution in [2.24, 2.45) is 17.8 Å². The summed E-state index contributed by atoms with van der Waals surface area (Å²) < 4.78 is 53.7. The molecule has 10 fully saturated rings. The van der Waals surface area contributed by atoms with Crippen LogP contribution < -0.4 is 0 Å². The van der Waals surface area contributed by atoms with Crippen molar-refractivity contribution in [2.45, 2.75) is 189 Å². The molecule has 12 bridgehead atoms. The predicted molar refractivity (Wildman–Crippen MR) is 176 cm³/mol. The van der Waals surface area contributed by atoms with Gasteiger partial charge in [-0.2, -0.15) is 0 Å². The molecule has 10 rings (SSSR count). The second-order valence-corrected chi connectivity index (χ2v) is 16.9. The maximum absolute atomic E-state index is 13.9. The number of Topliss-reactive ketones (excluding diaryl/α,β-unsaturated/α-hetero) is 1. The van der Waals surface area contributed by atoms with E-state index >= 15 is 0 Å². The van der Waals surface area contributed by atoms with Crippen LogP contribution >= 0.6 is 0 Å². The summed E-state index contributed by atoms with van der Waals surface area (Å²) in [6.07, 6.45) is 7.95. The Morgan fingerprint density at radius 1 is 0.714 bits per heavy atom. The number of fused-ring (bicyclic) bond motifs is 6.